The first-order valence-electron chi connectivity index (χ1n) is 8.53. The van der Waals surface area contributed by atoms with Crippen LogP contribution < -0.4 is 14.8 Å². The average Bonchev–Trinajstić information content (AvgIpc) is 3.27. The number of nitrogens with one attached hydrogen (secondary N) is 1. The minimum atomic E-state index is -0.187. The van der Waals surface area contributed by atoms with E-state index in [1.807, 2.05) is 18.2 Å². The Bertz CT molecular complexity index is 844. The number of rotatable bonds is 5. The van der Waals surface area contributed by atoms with E-state index in [-0.39, 0.29) is 31.3 Å². The molecule has 1 amide bonds. The minimum absolute atomic E-state index is 0.00976. The number of hydrogen-bond acceptors (Lipinski definition) is 4. The standard InChI is InChI=1S/C20H19NO4/c22-17(15-5-4-13-2-1-3-14(13)10-15)7-9-20(23)21-16-6-8-18-19(11-16)25-12-24-18/h4-6,8,10-11H,1-3,7,9,12H2,(H,21,23). The molecule has 0 radical (unpaired) electrons. The molecule has 128 valence electrons. The second-order valence-electron chi connectivity index (χ2n) is 6.38. The molecule has 0 atom stereocenters. The quantitative estimate of drug-likeness (QED) is 0.848. The van der Waals surface area contributed by atoms with Crippen LogP contribution in [-0.2, 0) is 17.6 Å². The summed E-state index contributed by atoms with van der Waals surface area (Å²) in [5.74, 6) is 1.11. The van der Waals surface area contributed by atoms with E-state index in [1.54, 1.807) is 18.2 Å². The normalized spacial score (nSPS) is 14.2. The summed E-state index contributed by atoms with van der Waals surface area (Å²) in [6.45, 7) is 0.196. The van der Waals surface area contributed by atoms with E-state index in [4.69, 9.17) is 9.47 Å². The number of ketones is 1. The van der Waals surface area contributed by atoms with Gasteiger partial charge in [-0.3, -0.25) is 9.59 Å². The van der Waals surface area contributed by atoms with Crippen LogP contribution in [0.3, 0.4) is 0 Å². The number of carbonyl (C=O) groups is 2. The van der Waals surface area contributed by atoms with Crippen molar-refractivity contribution in [3.63, 3.8) is 0 Å². The van der Waals surface area contributed by atoms with E-state index < -0.39 is 0 Å². The lowest BCUT2D eigenvalue weighted by Gasteiger charge is -2.07. The van der Waals surface area contributed by atoms with Crippen LogP contribution >= 0.6 is 0 Å². The molecular weight excluding hydrogens is 318 g/mol. The van der Waals surface area contributed by atoms with Crippen molar-refractivity contribution in [2.45, 2.75) is 32.1 Å². The van der Waals surface area contributed by atoms with E-state index >= 15 is 0 Å². The molecule has 0 unspecified atom stereocenters. The van der Waals surface area contributed by atoms with E-state index in [0.717, 1.165) is 19.3 Å². The summed E-state index contributed by atoms with van der Waals surface area (Å²) in [5, 5.41) is 2.79. The van der Waals surface area contributed by atoms with Crippen molar-refractivity contribution >= 4 is 17.4 Å². The number of carbonyl (C=O) groups excluding carboxylic acids is 2. The Balaban J connectivity index is 1.33. The van der Waals surface area contributed by atoms with Crippen LogP contribution in [-0.4, -0.2) is 18.5 Å². The van der Waals surface area contributed by atoms with Gasteiger partial charge in [-0.2, -0.15) is 0 Å². The van der Waals surface area contributed by atoms with Gasteiger partial charge in [-0.1, -0.05) is 12.1 Å². The second kappa shape index (κ2) is 6.59. The molecule has 2 aromatic rings. The van der Waals surface area contributed by atoms with Crippen LogP contribution in [0.15, 0.2) is 36.4 Å². The predicted octanol–water partition coefficient (Wildman–Crippen LogP) is 3.51. The van der Waals surface area contributed by atoms with Crippen LogP contribution in [0.1, 0.15) is 40.7 Å². The number of fused-ring (bicyclic) bond motifs is 2. The average molecular weight is 337 g/mol. The predicted molar refractivity (Wildman–Crippen MR) is 93.2 cm³/mol. The lowest BCUT2D eigenvalue weighted by atomic mass is 10.0. The van der Waals surface area contributed by atoms with Crippen LogP contribution in [0.4, 0.5) is 5.69 Å². The highest BCUT2D eigenvalue weighted by atomic mass is 16.7. The highest BCUT2D eigenvalue weighted by Crippen LogP contribution is 2.34. The van der Waals surface area contributed by atoms with Gasteiger partial charge in [0.25, 0.3) is 0 Å². The summed E-state index contributed by atoms with van der Waals surface area (Å²) in [4.78, 5) is 24.4. The Kier molecular flexibility index (Phi) is 4.14. The molecule has 0 bridgehead atoms. The third-order valence-corrected chi connectivity index (χ3v) is 4.66. The number of anilines is 1. The Labute approximate surface area is 145 Å². The lowest BCUT2D eigenvalue weighted by Crippen LogP contribution is -2.13. The number of aryl methyl sites for hydroxylation is 2. The van der Waals surface area contributed by atoms with Gasteiger partial charge in [-0.05, 0) is 48.6 Å². The van der Waals surface area contributed by atoms with E-state index in [1.165, 1.54) is 11.1 Å². The molecule has 5 nitrogen and oxygen atoms in total. The number of ether oxygens (including phenoxy) is 2. The van der Waals surface area contributed by atoms with Gasteiger partial charge in [-0.15, -0.1) is 0 Å². The first-order valence-corrected chi connectivity index (χ1v) is 8.53. The number of amides is 1. The molecule has 2 aromatic carbocycles. The Morgan fingerprint density at radius 3 is 2.68 bits per heavy atom. The Hall–Kier alpha value is -2.82. The van der Waals surface area contributed by atoms with Crippen LogP contribution in [0.2, 0.25) is 0 Å². The molecule has 4 rings (SSSR count). The molecule has 0 spiro atoms. The first kappa shape index (κ1) is 15.7. The molecule has 0 saturated heterocycles. The number of Topliss-reactive ketones (excluding diaryl/α,β-unsaturated/α-hetero) is 1. The summed E-state index contributed by atoms with van der Waals surface area (Å²) in [5.41, 5.74) is 3.96. The maximum atomic E-state index is 12.3. The highest BCUT2D eigenvalue weighted by molar-refractivity contribution is 6.00. The van der Waals surface area contributed by atoms with Gasteiger partial charge >= 0.3 is 0 Å². The fraction of sp³-hybridized carbons (Fsp3) is 0.300. The minimum Gasteiger partial charge on any atom is -0.454 e. The van der Waals surface area contributed by atoms with Gasteiger partial charge < -0.3 is 14.8 Å². The lowest BCUT2D eigenvalue weighted by molar-refractivity contribution is -0.116. The smallest absolute Gasteiger partial charge is 0.231 e. The van der Waals surface area contributed by atoms with E-state index in [9.17, 15) is 9.59 Å². The monoisotopic (exact) mass is 337 g/mol. The van der Waals surface area contributed by atoms with Crippen molar-refractivity contribution in [1.29, 1.82) is 0 Å². The number of benzene rings is 2. The summed E-state index contributed by atoms with van der Waals surface area (Å²) in [6.07, 6.45) is 3.66. The van der Waals surface area contributed by atoms with Crippen LogP contribution in [0.25, 0.3) is 0 Å². The molecule has 0 saturated carbocycles. The summed E-state index contributed by atoms with van der Waals surface area (Å²) >= 11 is 0. The van der Waals surface area contributed by atoms with Gasteiger partial charge in [-0.25, -0.2) is 0 Å². The molecule has 0 fully saturated rings. The van der Waals surface area contributed by atoms with Gasteiger partial charge in [0, 0.05) is 30.2 Å². The fourth-order valence-corrected chi connectivity index (χ4v) is 3.31. The second-order valence-corrected chi connectivity index (χ2v) is 6.38. The summed E-state index contributed by atoms with van der Waals surface area (Å²) < 4.78 is 10.5. The molecule has 1 heterocycles. The Morgan fingerprint density at radius 1 is 0.920 bits per heavy atom. The maximum Gasteiger partial charge on any atom is 0.231 e. The third kappa shape index (κ3) is 3.36. The van der Waals surface area contributed by atoms with Crippen molar-refractivity contribution < 1.29 is 19.1 Å². The number of hydrogen-bond donors (Lipinski definition) is 1. The van der Waals surface area contributed by atoms with Crippen molar-refractivity contribution in [3.8, 4) is 11.5 Å². The molecule has 2 aliphatic rings. The first-order chi connectivity index (χ1) is 12.2. The van der Waals surface area contributed by atoms with Gasteiger partial charge in [0.05, 0.1) is 0 Å². The SMILES string of the molecule is O=C(CCC(=O)c1ccc2c(c1)CCC2)Nc1ccc2c(c1)OCO2. The molecule has 0 aromatic heterocycles. The van der Waals surface area contributed by atoms with Gasteiger partial charge in [0.1, 0.15) is 0 Å². The zero-order valence-corrected chi connectivity index (χ0v) is 13.8. The van der Waals surface area contributed by atoms with Crippen molar-refractivity contribution in [2.24, 2.45) is 0 Å². The van der Waals surface area contributed by atoms with Gasteiger partial charge in [0.15, 0.2) is 17.3 Å². The molecule has 5 heteroatoms. The van der Waals surface area contributed by atoms with E-state index in [2.05, 4.69) is 5.32 Å². The van der Waals surface area contributed by atoms with Crippen LogP contribution in [0, 0.1) is 0 Å². The summed E-state index contributed by atoms with van der Waals surface area (Å²) in [7, 11) is 0. The third-order valence-electron chi connectivity index (χ3n) is 4.66. The molecular formula is C20H19NO4. The van der Waals surface area contributed by atoms with E-state index in [0.29, 0.717) is 22.7 Å². The molecule has 1 aliphatic heterocycles. The molecule has 1 aliphatic carbocycles. The van der Waals surface area contributed by atoms with Crippen molar-refractivity contribution in [1.82, 2.24) is 0 Å². The van der Waals surface area contributed by atoms with Crippen molar-refractivity contribution in [3.05, 3.63) is 53.1 Å². The molecule has 1 N–H and O–H groups in total. The van der Waals surface area contributed by atoms with Crippen molar-refractivity contribution in [2.75, 3.05) is 12.1 Å². The fourth-order valence-electron chi connectivity index (χ4n) is 3.31. The molecule has 25 heavy (non-hydrogen) atoms. The largest absolute Gasteiger partial charge is 0.454 e. The Morgan fingerprint density at radius 2 is 1.76 bits per heavy atom. The van der Waals surface area contributed by atoms with Gasteiger partial charge in [0.2, 0.25) is 12.7 Å². The zero-order chi connectivity index (χ0) is 17.2. The zero-order valence-electron chi connectivity index (χ0n) is 13.8. The van der Waals surface area contributed by atoms with Crippen LogP contribution in [0.5, 0.6) is 11.5 Å². The highest BCUT2D eigenvalue weighted by Gasteiger charge is 2.16. The topological polar surface area (TPSA) is 64.6 Å². The maximum absolute atomic E-state index is 12.3. The summed E-state index contributed by atoms with van der Waals surface area (Å²) in [6, 6.07) is 11.1.